The van der Waals surface area contributed by atoms with Crippen molar-refractivity contribution < 1.29 is 17.6 Å². The van der Waals surface area contributed by atoms with Crippen LogP contribution in [0, 0.1) is 5.82 Å². The van der Waals surface area contributed by atoms with Crippen molar-refractivity contribution in [3.8, 4) is 0 Å². The van der Waals surface area contributed by atoms with Gasteiger partial charge in [0.1, 0.15) is 4.90 Å². The summed E-state index contributed by atoms with van der Waals surface area (Å²) in [7, 11) is -4.50. The average molecular weight is 429 g/mol. The molecule has 2 rings (SSSR count). The number of nitrogens with zero attached hydrogens (tertiary/aromatic N) is 3. The number of rotatable bonds is 4. The molecule has 0 radical (unpaired) electrons. The number of aromatic nitrogens is 2. The number of carbonyl (C=O) groups is 1. The van der Waals surface area contributed by atoms with Crippen molar-refractivity contribution in [2.75, 3.05) is 13.1 Å². The number of benzene rings is 1. The van der Waals surface area contributed by atoms with Gasteiger partial charge in [-0.1, -0.05) is 34.8 Å². The van der Waals surface area contributed by atoms with Crippen molar-refractivity contribution in [3.63, 3.8) is 0 Å². The predicted octanol–water partition coefficient (Wildman–Crippen LogP) is 4.13. The SMILES string of the molecule is CCN(CC)C(=O)n1cc(F)c(S(=O)(=O)c2c(Cl)cc(Cl)cc2Cl)n1. The van der Waals surface area contributed by atoms with Crippen LogP contribution in [0.25, 0.3) is 0 Å². The largest absolute Gasteiger partial charge is 0.344 e. The Hall–Kier alpha value is -1.35. The molecule has 0 atom stereocenters. The van der Waals surface area contributed by atoms with Crippen LogP contribution in [0.2, 0.25) is 15.1 Å². The van der Waals surface area contributed by atoms with Gasteiger partial charge in [0.15, 0.2) is 5.82 Å². The highest BCUT2D eigenvalue weighted by atomic mass is 35.5. The van der Waals surface area contributed by atoms with Crippen molar-refractivity contribution in [2.45, 2.75) is 23.8 Å². The summed E-state index contributed by atoms with van der Waals surface area (Å²) in [5.74, 6) is -1.19. The van der Waals surface area contributed by atoms with Crippen LogP contribution < -0.4 is 0 Å². The number of amides is 1. The molecule has 1 aromatic carbocycles. The Labute approximate surface area is 159 Å². The van der Waals surface area contributed by atoms with Crippen LogP contribution in [-0.4, -0.2) is 42.2 Å². The zero-order valence-electron chi connectivity index (χ0n) is 13.1. The summed E-state index contributed by atoms with van der Waals surface area (Å²) in [4.78, 5) is 13.0. The number of carbonyl (C=O) groups excluding carboxylic acids is 1. The molecule has 0 aliphatic carbocycles. The molecule has 25 heavy (non-hydrogen) atoms. The first kappa shape index (κ1) is 20.0. The van der Waals surface area contributed by atoms with Gasteiger partial charge in [0.2, 0.25) is 14.9 Å². The maximum absolute atomic E-state index is 14.2. The molecule has 6 nitrogen and oxygen atoms in total. The van der Waals surface area contributed by atoms with E-state index in [-0.39, 0.29) is 15.1 Å². The van der Waals surface area contributed by atoms with E-state index in [2.05, 4.69) is 5.10 Å². The zero-order chi connectivity index (χ0) is 18.9. The van der Waals surface area contributed by atoms with E-state index < -0.39 is 31.6 Å². The van der Waals surface area contributed by atoms with Crippen LogP contribution in [-0.2, 0) is 9.84 Å². The van der Waals surface area contributed by atoms with Crippen LogP contribution in [0.4, 0.5) is 9.18 Å². The third-order valence-electron chi connectivity index (χ3n) is 3.35. The topological polar surface area (TPSA) is 72.3 Å². The van der Waals surface area contributed by atoms with Crippen molar-refractivity contribution in [1.82, 2.24) is 14.7 Å². The molecule has 1 heterocycles. The summed E-state index contributed by atoms with van der Waals surface area (Å²) < 4.78 is 40.3. The van der Waals surface area contributed by atoms with Gasteiger partial charge >= 0.3 is 6.03 Å². The maximum Gasteiger partial charge on any atom is 0.344 e. The minimum Gasteiger partial charge on any atom is -0.323 e. The smallest absolute Gasteiger partial charge is 0.323 e. The summed E-state index contributed by atoms with van der Waals surface area (Å²) in [6.07, 6.45) is 0.700. The third kappa shape index (κ3) is 3.76. The van der Waals surface area contributed by atoms with Crippen LogP contribution in [0.5, 0.6) is 0 Å². The molecular formula is C14H13Cl3FN3O3S. The summed E-state index contributed by atoms with van der Waals surface area (Å²) >= 11 is 17.6. The molecule has 0 bridgehead atoms. The Bertz CT molecular complexity index is 904. The first-order valence-corrected chi connectivity index (χ1v) is 9.69. The van der Waals surface area contributed by atoms with E-state index in [0.717, 1.165) is 12.1 Å². The fraction of sp³-hybridized carbons (Fsp3) is 0.286. The van der Waals surface area contributed by atoms with Crippen molar-refractivity contribution in [2.24, 2.45) is 0 Å². The van der Waals surface area contributed by atoms with Crippen molar-refractivity contribution in [1.29, 1.82) is 0 Å². The molecule has 2 aromatic rings. The van der Waals surface area contributed by atoms with Crippen molar-refractivity contribution >= 4 is 50.7 Å². The van der Waals surface area contributed by atoms with Crippen LogP contribution >= 0.6 is 34.8 Å². The normalized spacial score (nSPS) is 11.6. The Morgan fingerprint density at radius 1 is 1.20 bits per heavy atom. The minimum atomic E-state index is -4.50. The maximum atomic E-state index is 14.2. The predicted molar refractivity (Wildman–Crippen MR) is 92.8 cm³/mol. The van der Waals surface area contributed by atoms with Crippen LogP contribution in [0.3, 0.4) is 0 Å². The average Bonchev–Trinajstić information content (AvgIpc) is 2.89. The van der Waals surface area contributed by atoms with E-state index in [9.17, 15) is 17.6 Å². The van der Waals surface area contributed by atoms with Gasteiger partial charge in [0.25, 0.3) is 0 Å². The molecule has 0 N–H and O–H groups in total. The standard InChI is InChI=1S/C14H13Cl3FN3O3S/c1-3-20(4-2)14(22)21-7-11(18)13(19-21)25(23,24)12-9(16)5-8(15)6-10(12)17/h5-7H,3-4H2,1-2H3. The highest BCUT2D eigenvalue weighted by Crippen LogP contribution is 2.36. The summed E-state index contributed by atoms with van der Waals surface area (Å²) in [5, 5.41) is 2.22. The molecule has 1 amide bonds. The highest BCUT2D eigenvalue weighted by molar-refractivity contribution is 7.91. The number of halogens is 4. The van der Waals surface area contributed by atoms with Gasteiger partial charge in [-0.3, -0.25) is 0 Å². The molecule has 0 fully saturated rings. The molecule has 0 saturated heterocycles. The lowest BCUT2D eigenvalue weighted by molar-refractivity contribution is 0.201. The molecule has 0 aliphatic rings. The van der Waals surface area contributed by atoms with Crippen LogP contribution in [0.1, 0.15) is 13.8 Å². The highest BCUT2D eigenvalue weighted by Gasteiger charge is 2.32. The number of hydrogen-bond donors (Lipinski definition) is 0. The number of sulfone groups is 1. The Morgan fingerprint density at radius 3 is 2.20 bits per heavy atom. The molecule has 0 spiro atoms. The first-order valence-electron chi connectivity index (χ1n) is 7.07. The Balaban J connectivity index is 2.58. The summed E-state index contributed by atoms with van der Waals surface area (Å²) in [5.41, 5.74) is 0. The molecule has 136 valence electrons. The van der Waals surface area contributed by atoms with E-state index in [4.69, 9.17) is 34.8 Å². The van der Waals surface area contributed by atoms with Gasteiger partial charge in [-0.05, 0) is 26.0 Å². The van der Waals surface area contributed by atoms with E-state index in [1.54, 1.807) is 13.8 Å². The van der Waals surface area contributed by atoms with E-state index >= 15 is 0 Å². The van der Waals surface area contributed by atoms with Gasteiger partial charge in [-0.25, -0.2) is 17.6 Å². The minimum absolute atomic E-state index is 0.122. The van der Waals surface area contributed by atoms with Gasteiger partial charge in [-0.15, -0.1) is 5.10 Å². The van der Waals surface area contributed by atoms with E-state index in [0.29, 0.717) is 24.0 Å². The number of hydrogen-bond acceptors (Lipinski definition) is 4. The fourth-order valence-corrected chi connectivity index (χ4v) is 4.89. The second kappa shape index (κ2) is 7.49. The van der Waals surface area contributed by atoms with Gasteiger partial charge < -0.3 is 4.90 Å². The lowest BCUT2D eigenvalue weighted by Gasteiger charge is -2.17. The monoisotopic (exact) mass is 427 g/mol. The second-order valence-corrected chi connectivity index (χ2v) is 7.94. The fourth-order valence-electron chi connectivity index (χ4n) is 2.14. The quantitative estimate of drug-likeness (QED) is 0.734. The molecule has 11 heteroatoms. The van der Waals surface area contributed by atoms with Crippen LogP contribution in [0.15, 0.2) is 28.3 Å². The lowest BCUT2D eigenvalue weighted by atomic mass is 10.4. The molecule has 1 aromatic heterocycles. The third-order valence-corrected chi connectivity index (χ3v) is 6.16. The van der Waals surface area contributed by atoms with Gasteiger partial charge in [0.05, 0.1) is 16.2 Å². The molecular weight excluding hydrogens is 416 g/mol. The van der Waals surface area contributed by atoms with Gasteiger partial charge in [-0.2, -0.15) is 4.68 Å². The van der Waals surface area contributed by atoms with E-state index in [1.165, 1.54) is 4.90 Å². The molecule has 0 unspecified atom stereocenters. The molecule has 0 saturated carbocycles. The zero-order valence-corrected chi connectivity index (χ0v) is 16.2. The van der Waals surface area contributed by atoms with Gasteiger partial charge in [0, 0.05) is 18.1 Å². The lowest BCUT2D eigenvalue weighted by Crippen LogP contribution is -2.34. The Morgan fingerprint density at radius 2 is 1.72 bits per heavy atom. The summed E-state index contributed by atoms with van der Waals surface area (Å²) in [6.45, 7) is 4.17. The first-order chi connectivity index (χ1) is 11.6. The molecule has 0 aliphatic heterocycles. The Kier molecular flexibility index (Phi) is 5.98. The van der Waals surface area contributed by atoms with Crippen molar-refractivity contribution in [3.05, 3.63) is 39.2 Å². The van der Waals surface area contributed by atoms with E-state index in [1.807, 2.05) is 0 Å². The second-order valence-electron chi connectivity index (χ2n) is 4.88. The summed E-state index contributed by atoms with van der Waals surface area (Å²) in [6, 6.07) is 1.67.